The highest BCUT2D eigenvalue weighted by Crippen LogP contribution is 2.19. The molecule has 2 aromatic rings. The molecule has 2 heterocycles. The second-order valence-electron chi connectivity index (χ2n) is 2.26. The summed E-state index contributed by atoms with van der Waals surface area (Å²) in [7, 11) is 0. The molecule has 0 aliphatic heterocycles. The van der Waals surface area contributed by atoms with Gasteiger partial charge in [-0.05, 0) is 6.07 Å². The highest BCUT2D eigenvalue weighted by Gasteiger charge is 2.04. The molecule has 0 aliphatic carbocycles. The van der Waals surface area contributed by atoms with Crippen LogP contribution in [0.3, 0.4) is 0 Å². The van der Waals surface area contributed by atoms with E-state index in [2.05, 4.69) is 9.97 Å². The Morgan fingerprint density at radius 3 is 3.18 bits per heavy atom. The Balaban J connectivity index is 2.93. The van der Waals surface area contributed by atoms with Gasteiger partial charge in [-0.15, -0.1) is 0 Å². The lowest BCUT2D eigenvalue weighted by Gasteiger charge is -1.95. The van der Waals surface area contributed by atoms with Crippen molar-refractivity contribution in [1.82, 2.24) is 9.97 Å². The summed E-state index contributed by atoms with van der Waals surface area (Å²) in [6.45, 7) is 0. The van der Waals surface area contributed by atoms with E-state index in [9.17, 15) is 4.39 Å². The van der Waals surface area contributed by atoms with E-state index in [-0.39, 0.29) is 5.69 Å². The molecule has 0 amide bonds. The molecule has 0 atom stereocenters. The van der Waals surface area contributed by atoms with Crippen molar-refractivity contribution >= 4 is 16.7 Å². The van der Waals surface area contributed by atoms with Gasteiger partial charge in [0, 0.05) is 11.6 Å². The smallest absolute Gasteiger partial charge is 0.165 e. The lowest BCUT2D eigenvalue weighted by molar-refractivity contribution is 0.628. The van der Waals surface area contributed by atoms with Crippen molar-refractivity contribution < 1.29 is 4.39 Å². The fourth-order valence-corrected chi connectivity index (χ4v) is 1.00. The minimum atomic E-state index is -0.475. The van der Waals surface area contributed by atoms with Gasteiger partial charge in [-0.1, -0.05) is 0 Å². The molecule has 0 bridgehead atoms. The Hall–Kier alpha value is -1.58. The molecule has 0 spiro atoms. The minimum Gasteiger partial charge on any atom is -0.396 e. The molecule has 0 fully saturated rings. The van der Waals surface area contributed by atoms with Crippen LogP contribution in [0.5, 0.6) is 0 Å². The third-order valence-corrected chi connectivity index (χ3v) is 1.58. The van der Waals surface area contributed by atoms with Crippen LogP contribution < -0.4 is 5.73 Å². The SMILES string of the molecule is Nc1c(F)cnc2[nH]ccc12. The first-order valence-corrected chi connectivity index (χ1v) is 3.16. The number of nitrogen functional groups attached to an aromatic ring is 1. The van der Waals surface area contributed by atoms with Gasteiger partial charge >= 0.3 is 0 Å². The summed E-state index contributed by atoms with van der Waals surface area (Å²) in [5, 5.41) is 0.630. The maximum atomic E-state index is 12.7. The molecule has 3 nitrogen and oxygen atoms in total. The first kappa shape index (κ1) is 6.15. The molecule has 2 aromatic heterocycles. The summed E-state index contributed by atoms with van der Waals surface area (Å²) in [6.07, 6.45) is 2.78. The van der Waals surface area contributed by atoms with Crippen molar-refractivity contribution in [3.8, 4) is 0 Å². The molecule has 0 saturated heterocycles. The van der Waals surface area contributed by atoms with Gasteiger partial charge in [-0.3, -0.25) is 0 Å². The number of nitrogens with two attached hydrogens (primary N) is 1. The third-order valence-electron chi connectivity index (χ3n) is 1.58. The molecule has 0 unspecified atom stereocenters. The van der Waals surface area contributed by atoms with E-state index >= 15 is 0 Å². The maximum absolute atomic E-state index is 12.7. The molecule has 0 saturated carbocycles. The second-order valence-corrected chi connectivity index (χ2v) is 2.26. The van der Waals surface area contributed by atoms with Crippen LogP contribution in [-0.4, -0.2) is 9.97 Å². The molecule has 11 heavy (non-hydrogen) atoms. The van der Waals surface area contributed by atoms with Gasteiger partial charge in [0.05, 0.1) is 11.9 Å². The molecule has 4 heteroatoms. The summed E-state index contributed by atoms with van der Waals surface area (Å²) in [5.41, 5.74) is 6.19. The number of aromatic nitrogens is 2. The molecular formula is C7H6FN3. The normalized spacial score (nSPS) is 10.6. The van der Waals surface area contributed by atoms with E-state index in [1.54, 1.807) is 12.3 Å². The van der Waals surface area contributed by atoms with E-state index < -0.39 is 5.82 Å². The fraction of sp³-hybridized carbons (Fsp3) is 0. The summed E-state index contributed by atoms with van der Waals surface area (Å²) < 4.78 is 12.7. The van der Waals surface area contributed by atoms with E-state index in [0.29, 0.717) is 11.0 Å². The number of halogens is 1. The predicted octanol–water partition coefficient (Wildman–Crippen LogP) is 1.28. The number of nitrogens with zero attached hydrogens (tertiary/aromatic N) is 1. The number of aromatic amines is 1. The van der Waals surface area contributed by atoms with Crippen LogP contribution in [0.1, 0.15) is 0 Å². The Morgan fingerprint density at radius 1 is 1.55 bits per heavy atom. The summed E-state index contributed by atoms with van der Waals surface area (Å²) in [4.78, 5) is 6.62. The number of anilines is 1. The first-order chi connectivity index (χ1) is 5.29. The summed E-state index contributed by atoms with van der Waals surface area (Å²) in [6, 6.07) is 1.70. The van der Waals surface area contributed by atoms with Crippen LogP contribution in [0.15, 0.2) is 18.5 Å². The Bertz CT molecular complexity index is 393. The summed E-state index contributed by atoms with van der Waals surface area (Å²) in [5.74, 6) is -0.475. The van der Waals surface area contributed by atoms with Crippen LogP contribution in [0.2, 0.25) is 0 Å². The highest BCUT2D eigenvalue weighted by atomic mass is 19.1. The van der Waals surface area contributed by atoms with Crippen molar-refractivity contribution in [3.63, 3.8) is 0 Å². The Morgan fingerprint density at radius 2 is 2.36 bits per heavy atom. The molecule has 0 aliphatic rings. The van der Waals surface area contributed by atoms with Crippen molar-refractivity contribution in [3.05, 3.63) is 24.3 Å². The van der Waals surface area contributed by atoms with Gasteiger partial charge in [0.1, 0.15) is 5.65 Å². The van der Waals surface area contributed by atoms with Gasteiger partial charge < -0.3 is 10.7 Å². The number of pyridine rings is 1. The van der Waals surface area contributed by atoms with Crippen molar-refractivity contribution in [1.29, 1.82) is 0 Å². The lowest BCUT2D eigenvalue weighted by Crippen LogP contribution is -1.92. The van der Waals surface area contributed by atoms with Gasteiger partial charge in [0.2, 0.25) is 0 Å². The topological polar surface area (TPSA) is 54.7 Å². The first-order valence-electron chi connectivity index (χ1n) is 3.16. The zero-order chi connectivity index (χ0) is 7.84. The minimum absolute atomic E-state index is 0.149. The van der Waals surface area contributed by atoms with Gasteiger partial charge in [0.25, 0.3) is 0 Å². The van der Waals surface area contributed by atoms with Gasteiger partial charge in [0.15, 0.2) is 5.82 Å². The number of hydrogen-bond acceptors (Lipinski definition) is 2. The number of fused-ring (bicyclic) bond motifs is 1. The van der Waals surface area contributed by atoms with Crippen LogP contribution in [0.25, 0.3) is 11.0 Å². The average molecular weight is 151 g/mol. The maximum Gasteiger partial charge on any atom is 0.165 e. The van der Waals surface area contributed by atoms with Crippen LogP contribution in [-0.2, 0) is 0 Å². The van der Waals surface area contributed by atoms with Crippen molar-refractivity contribution in [2.75, 3.05) is 5.73 Å². The predicted molar refractivity (Wildman–Crippen MR) is 40.5 cm³/mol. The largest absolute Gasteiger partial charge is 0.396 e. The molecule has 0 radical (unpaired) electrons. The number of nitrogens with one attached hydrogen (secondary N) is 1. The standard InChI is InChI=1S/C7H6FN3/c8-5-3-11-7-4(6(5)9)1-2-10-7/h1-3H,(H3,9,10,11). The molecule has 0 aromatic carbocycles. The van der Waals surface area contributed by atoms with E-state index in [1.165, 1.54) is 0 Å². The Labute approximate surface area is 62.0 Å². The van der Waals surface area contributed by atoms with Gasteiger partial charge in [-0.25, -0.2) is 9.37 Å². The zero-order valence-electron chi connectivity index (χ0n) is 5.63. The fourth-order valence-electron chi connectivity index (χ4n) is 1.00. The highest BCUT2D eigenvalue weighted by molar-refractivity contribution is 5.87. The zero-order valence-corrected chi connectivity index (χ0v) is 5.63. The Kier molecular flexibility index (Phi) is 1.09. The van der Waals surface area contributed by atoms with Crippen molar-refractivity contribution in [2.24, 2.45) is 0 Å². The lowest BCUT2D eigenvalue weighted by atomic mass is 10.3. The van der Waals surface area contributed by atoms with Crippen LogP contribution in [0.4, 0.5) is 10.1 Å². The molecule has 2 rings (SSSR count). The molecular weight excluding hydrogens is 145 g/mol. The number of H-pyrrole nitrogens is 1. The van der Waals surface area contributed by atoms with E-state index in [0.717, 1.165) is 6.20 Å². The third kappa shape index (κ3) is 0.756. The number of hydrogen-bond donors (Lipinski definition) is 2. The average Bonchev–Trinajstić information content (AvgIpc) is 2.45. The van der Waals surface area contributed by atoms with Crippen LogP contribution in [0, 0.1) is 5.82 Å². The van der Waals surface area contributed by atoms with E-state index in [1.807, 2.05) is 0 Å². The monoisotopic (exact) mass is 151 g/mol. The molecule has 3 N–H and O–H groups in total. The number of rotatable bonds is 0. The summed E-state index contributed by atoms with van der Waals surface area (Å²) >= 11 is 0. The molecule has 56 valence electrons. The second kappa shape index (κ2) is 1.95. The van der Waals surface area contributed by atoms with Crippen molar-refractivity contribution in [2.45, 2.75) is 0 Å². The quantitative estimate of drug-likeness (QED) is 0.596. The van der Waals surface area contributed by atoms with Crippen LogP contribution >= 0.6 is 0 Å². The van der Waals surface area contributed by atoms with Gasteiger partial charge in [-0.2, -0.15) is 0 Å². The van der Waals surface area contributed by atoms with E-state index in [4.69, 9.17) is 5.73 Å².